The molecular formula is C30H48O. The predicted molar refractivity (Wildman–Crippen MR) is 130 cm³/mol. The van der Waals surface area contributed by atoms with Crippen LogP contribution in [0.5, 0.6) is 0 Å². The average molecular weight is 425 g/mol. The van der Waals surface area contributed by atoms with E-state index in [1.54, 1.807) is 5.57 Å². The number of allylic oxidation sites excluding steroid dienone is 2. The van der Waals surface area contributed by atoms with Gasteiger partial charge in [-0.1, -0.05) is 60.1 Å². The second-order valence-corrected chi connectivity index (χ2v) is 14.4. The van der Waals surface area contributed by atoms with E-state index in [1.807, 2.05) is 0 Å². The molecule has 4 fully saturated rings. The number of carbonyl (C=O) groups excluding carboxylic acids is 1. The van der Waals surface area contributed by atoms with Crippen molar-refractivity contribution < 1.29 is 4.79 Å². The van der Waals surface area contributed by atoms with Gasteiger partial charge in [-0.2, -0.15) is 0 Å². The lowest BCUT2D eigenvalue weighted by Gasteiger charge is -2.73. The first-order valence-electron chi connectivity index (χ1n) is 13.5. The quantitative estimate of drug-likeness (QED) is 0.358. The highest BCUT2D eigenvalue weighted by atomic mass is 16.1. The van der Waals surface area contributed by atoms with E-state index in [9.17, 15) is 4.79 Å². The van der Waals surface area contributed by atoms with E-state index >= 15 is 0 Å². The van der Waals surface area contributed by atoms with Crippen molar-refractivity contribution in [3.8, 4) is 0 Å². The second-order valence-electron chi connectivity index (χ2n) is 14.4. The van der Waals surface area contributed by atoms with Crippen molar-refractivity contribution in [2.24, 2.45) is 56.7 Å². The van der Waals surface area contributed by atoms with Crippen molar-refractivity contribution in [2.45, 2.75) is 113 Å². The molecule has 1 nitrogen and oxygen atoms in total. The lowest BCUT2D eigenvalue weighted by Crippen LogP contribution is -2.66. The van der Waals surface area contributed by atoms with Crippen LogP contribution in [0.3, 0.4) is 0 Å². The normalized spacial score (nSPS) is 55.9. The monoisotopic (exact) mass is 424 g/mol. The van der Waals surface area contributed by atoms with Crippen LogP contribution >= 0.6 is 0 Å². The van der Waals surface area contributed by atoms with Crippen LogP contribution < -0.4 is 0 Å². The molecular weight excluding hydrogens is 376 g/mol. The van der Waals surface area contributed by atoms with Gasteiger partial charge in [0.15, 0.2) is 0 Å². The summed E-state index contributed by atoms with van der Waals surface area (Å²) in [6, 6.07) is 0. The summed E-state index contributed by atoms with van der Waals surface area (Å²) in [5, 5.41) is 0. The minimum Gasteiger partial charge on any atom is -0.299 e. The number of Topliss-reactive ketones (excluding diaryl/α,β-unsaturated/α-hetero) is 1. The highest BCUT2D eigenvalue weighted by molar-refractivity contribution is 5.85. The fourth-order valence-electron chi connectivity index (χ4n) is 11.1. The highest BCUT2D eigenvalue weighted by Crippen LogP contribution is 2.76. The average Bonchev–Trinajstić information content (AvgIpc) is 2.69. The van der Waals surface area contributed by atoms with Crippen LogP contribution in [0.1, 0.15) is 113 Å². The van der Waals surface area contributed by atoms with Crippen molar-refractivity contribution >= 4 is 5.78 Å². The first-order valence-corrected chi connectivity index (χ1v) is 13.5. The Morgan fingerprint density at radius 2 is 1.55 bits per heavy atom. The summed E-state index contributed by atoms with van der Waals surface area (Å²) in [5.41, 5.74) is 3.25. The van der Waals surface area contributed by atoms with Crippen LogP contribution in [0.15, 0.2) is 11.6 Å². The van der Waals surface area contributed by atoms with Gasteiger partial charge in [-0.25, -0.2) is 0 Å². The van der Waals surface area contributed by atoms with E-state index in [0.29, 0.717) is 33.4 Å². The Labute approximate surface area is 192 Å². The number of ketones is 1. The molecule has 0 unspecified atom stereocenters. The summed E-state index contributed by atoms with van der Waals surface area (Å²) in [7, 11) is 0. The minimum absolute atomic E-state index is 0.128. The molecule has 0 radical (unpaired) electrons. The van der Waals surface area contributed by atoms with Crippen LogP contribution in [-0.4, -0.2) is 5.78 Å². The maximum Gasteiger partial charge on any atom is 0.138 e. The van der Waals surface area contributed by atoms with Crippen molar-refractivity contribution in [3.63, 3.8) is 0 Å². The maximum absolute atomic E-state index is 12.9. The molecule has 0 amide bonds. The molecule has 0 spiro atoms. The van der Waals surface area contributed by atoms with Gasteiger partial charge in [-0.05, 0) is 110 Å². The Bertz CT molecular complexity index is 820. The predicted octanol–water partition coefficient (Wildman–Crippen LogP) is 8.23. The van der Waals surface area contributed by atoms with Gasteiger partial charge in [0, 0.05) is 11.8 Å². The topological polar surface area (TPSA) is 17.1 Å². The molecule has 0 aromatic heterocycles. The third kappa shape index (κ3) is 2.59. The first kappa shape index (κ1) is 22.2. The third-order valence-electron chi connectivity index (χ3n) is 13.3. The number of fused-ring (bicyclic) bond motifs is 7. The molecule has 0 aromatic rings. The Balaban J connectivity index is 1.55. The number of hydrogen-bond donors (Lipinski definition) is 0. The lowest BCUT2D eigenvalue weighted by atomic mass is 9.31. The first-order chi connectivity index (χ1) is 14.3. The number of carbonyl (C=O) groups is 1. The Kier molecular flexibility index (Phi) is 4.66. The smallest absolute Gasteiger partial charge is 0.138 e. The van der Waals surface area contributed by atoms with Gasteiger partial charge in [0.1, 0.15) is 5.78 Å². The molecule has 1 heteroatoms. The van der Waals surface area contributed by atoms with Crippen molar-refractivity contribution in [1.82, 2.24) is 0 Å². The summed E-state index contributed by atoms with van der Waals surface area (Å²) in [4.78, 5) is 12.9. The molecule has 5 rings (SSSR count). The van der Waals surface area contributed by atoms with E-state index < -0.39 is 0 Å². The molecule has 9 atom stereocenters. The summed E-state index contributed by atoms with van der Waals surface area (Å²) in [6.07, 6.45) is 14.1. The van der Waals surface area contributed by atoms with E-state index in [0.717, 1.165) is 36.5 Å². The zero-order chi connectivity index (χ0) is 22.6. The van der Waals surface area contributed by atoms with Gasteiger partial charge in [0.2, 0.25) is 0 Å². The number of rotatable bonds is 0. The summed E-state index contributed by atoms with van der Waals surface area (Å²) in [6.45, 7) is 20.2. The number of hydrogen-bond acceptors (Lipinski definition) is 1. The van der Waals surface area contributed by atoms with E-state index in [-0.39, 0.29) is 5.41 Å². The molecule has 174 valence electrons. The summed E-state index contributed by atoms with van der Waals surface area (Å²) in [5.74, 6) is 4.35. The van der Waals surface area contributed by atoms with Crippen LogP contribution in [0.2, 0.25) is 0 Å². The largest absolute Gasteiger partial charge is 0.299 e. The standard InChI is InChI=1S/C30H48O/c1-19-11-14-27(5)17-18-29(7)21(25(27)20(19)2)9-10-23-28(6)15-13-24(31)26(3,4)22(28)12-16-30(23,29)8/h11,20-23,25H,9-10,12-18H2,1-8H3/t20-,21+,22-,23+,25+,27-,28-,29+,30+/m1/s1. The minimum atomic E-state index is -0.128. The molecule has 0 aromatic carbocycles. The fraction of sp³-hybridized carbons (Fsp3) is 0.900. The molecule has 4 saturated carbocycles. The Morgan fingerprint density at radius 1 is 0.839 bits per heavy atom. The van der Waals surface area contributed by atoms with Gasteiger partial charge in [0.05, 0.1) is 0 Å². The van der Waals surface area contributed by atoms with Crippen LogP contribution in [0, 0.1) is 56.7 Å². The van der Waals surface area contributed by atoms with Gasteiger partial charge < -0.3 is 0 Å². The Morgan fingerprint density at radius 3 is 2.26 bits per heavy atom. The maximum atomic E-state index is 12.9. The van der Waals surface area contributed by atoms with E-state index in [2.05, 4.69) is 61.5 Å². The van der Waals surface area contributed by atoms with Gasteiger partial charge in [-0.3, -0.25) is 4.79 Å². The van der Waals surface area contributed by atoms with Crippen LogP contribution in [-0.2, 0) is 4.79 Å². The fourth-order valence-corrected chi connectivity index (χ4v) is 11.1. The summed E-state index contributed by atoms with van der Waals surface area (Å²) >= 11 is 0. The third-order valence-corrected chi connectivity index (χ3v) is 13.3. The molecule has 0 saturated heterocycles. The summed E-state index contributed by atoms with van der Waals surface area (Å²) < 4.78 is 0. The SMILES string of the molecule is CC1=CC[C@]2(C)CC[C@@]3(C)[C@@H](CC[C@H]4[C@]5(C)CCC(=O)C(C)(C)[C@H]5CC[C@@]43C)[C@@H]2[C@@H]1C. The van der Waals surface area contributed by atoms with Crippen molar-refractivity contribution in [3.05, 3.63) is 11.6 Å². The second kappa shape index (κ2) is 6.50. The van der Waals surface area contributed by atoms with E-state index in [1.165, 1.54) is 44.9 Å². The highest BCUT2D eigenvalue weighted by Gasteiger charge is 2.69. The molecule has 31 heavy (non-hydrogen) atoms. The van der Waals surface area contributed by atoms with Gasteiger partial charge in [0.25, 0.3) is 0 Å². The zero-order valence-corrected chi connectivity index (χ0v) is 21.7. The lowest BCUT2D eigenvalue weighted by molar-refractivity contribution is -0.237. The molecule has 5 aliphatic rings. The Hall–Kier alpha value is -0.590. The molecule has 0 bridgehead atoms. The van der Waals surface area contributed by atoms with Crippen LogP contribution in [0.25, 0.3) is 0 Å². The molecule has 0 heterocycles. The van der Waals surface area contributed by atoms with Crippen molar-refractivity contribution in [1.29, 1.82) is 0 Å². The zero-order valence-electron chi connectivity index (χ0n) is 21.7. The molecule has 0 aliphatic heterocycles. The van der Waals surface area contributed by atoms with Gasteiger partial charge >= 0.3 is 0 Å². The van der Waals surface area contributed by atoms with Gasteiger partial charge in [-0.15, -0.1) is 0 Å². The molecule has 5 aliphatic carbocycles. The van der Waals surface area contributed by atoms with Crippen molar-refractivity contribution in [2.75, 3.05) is 0 Å². The van der Waals surface area contributed by atoms with E-state index in [4.69, 9.17) is 0 Å². The molecule has 0 N–H and O–H groups in total. The van der Waals surface area contributed by atoms with Crippen LogP contribution in [0.4, 0.5) is 0 Å².